The van der Waals surface area contributed by atoms with Gasteiger partial charge in [0, 0.05) is 38.4 Å². The standard InChI is InChI=1S/C53H31N3O2/c1-2-11-32(12-3-1)35-15-8-16-36(29-35)39-27-28-47-49-41(39)18-9-19-42(49)40-26-25-38(31-48(40)58-47)52-54-51(37-24-23-33-13-4-5-14-34(33)30-37)55-53(56-52)44-20-10-22-46-50(44)43-17-6-7-21-45(43)57-46/h1-31H. The molecule has 0 saturated heterocycles. The number of benzene rings is 9. The second kappa shape index (κ2) is 12.8. The van der Waals surface area contributed by atoms with Crippen LogP contribution >= 0.6 is 0 Å². The Morgan fingerprint density at radius 2 is 0.966 bits per heavy atom. The summed E-state index contributed by atoms with van der Waals surface area (Å²) in [7, 11) is 0. The molecule has 5 heteroatoms. The number of rotatable bonds is 5. The Hall–Kier alpha value is -7.89. The first kappa shape index (κ1) is 32.4. The molecule has 11 aromatic rings. The van der Waals surface area contributed by atoms with Gasteiger partial charge in [-0.2, -0.15) is 0 Å². The van der Waals surface area contributed by atoms with Gasteiger partial charge in [-0.25, -0.2) is 15.0 Å². The van der Waals surface area contributed by atoms with Crippen LogP contribution in [0.25, 0.3) is 111 Å². The van der Waals surface area contributed by atoms with Gasteiger partial charge in [0.05, 0.1) is 0 Å². The van der Waals surface area contributed by atoms with Crippen LogP contribution in [-0.2, 0) is 0 Å². The molecule has 0 bridgehead atoms. The molecule has 2 aromatic heterocycles. The highest BCUT2D eigenvalue weighted by Crippen LogP contribution is 2.50. The molecule has 0 radical (unpaired) electrons. The van der Waals surface area contributed by atoms with Gasteiger partial charge >= 0.3 is 0 Å². The second-order valence-corrected chi connectivity index (χ2v) is 14.7. The van der Waals surface area contributed by atoms with Crippen molar-refractivity contribution in [3.05, 3.63) is 188 Å². The monoisotopic (exact) mass is 741 g/mol. The Kier molecular flexibility index (Phi) is 7.16. The molecule has 0 saturated carbocycles. The van der Waals surface area contributed by atoms with Gasteiger partial charge in [0.1, 0.15) is 22.7 Å². The lowest BCUT2D eigenvalue weighted by molar-refractivity contribution is 0.487. The fraction of sp³-hybridized carbons (Fsp3) is 0. The van der Waals surface area contributed by atoms with Gasteiger partial charge in [0.15, 0.2) is 17.5 Å². The van der Waals surface area contributed by atoms with Crippen LogP contribution in [0, 0.1) is 0 Å². The van der Waals surface area contributed by atoms with Crippen LogP contribution in [0.4, 0.5) is 0 Å². The maximum atomic E-state index is 6.79. The van der Waals surface area contributed by atoms with E-state index in [0.717, 1.165) is 88.4 Å². The second-order valence-electron chi connectivity index (χ2n) is 14.7. The number of hydrogen-bond acceptors (Lipinski definition) is 5. The van der Waals surface area contributed by atoms with Crippen LogP contribution < -0.4 is 4.74 Å². The molecule has 0 atom stereocenters. The first-order valence-electron chi connectivity index (χ1n) is 19.4. The van der Waals surface area contributed by atoms with Crippen molar-refractivity contribution in [2.24, 2.45) is 0 Å². The van der Waals surface area contributed by atoms with Crippen molar-refractivity contribution in [3.63, 3.8) is 0 Å². The quantitative estimate of drug-likeness (QED) is 0.176. The van der Waals surface area contributed by atoms with E-state index in [-0.39, 0.29) is 0 Å². The van der Waals surface area contributed by atoms with Crippen LogP contribution in [0.15, 0.2) is 192 Å². The fourth-order valence-electron chi connectivity index (χ4n) is 8.56. The molecule has 3 heterocycles. The summed E-state index contributed by atoms with van der Waals surface area (Å²) in [6, 6.07) is 65.2. The van der Waals surface area contributed by atoms with E-state index in [9.17, 15) is 0 Å². The van der Waals surface area contributed by atoms with Crippen LogP contribution in [0.1, 0.15) is 0 Å². The third-order valence-electron chi connectivity index (χ3n) is 11.3. The number of fused-ring (bicyclic) bond motifs is 6. The topological polar surface area (TPSA) is 61.0 Å². The summed E-state index contributed by atoms with van der Waals surface area (Å²) in [5.41, 5.74) is 11.1. The lowest BCUT2D eigenvalue weighted by Gasteiger charge is -2.23. The number of nitrogens with zero attached hydrogens (tertiary/aromatic N) is 3. The van der Waals surface area contributed by atoms with Crippen molar-refractivity contribution in [2.75, 3.05) is 0 Å². The van der Waals surface area contributed by atoms with E-state index in [2.05, 4.69) is 158 Å². The molecule has 0 aliphatic carbocycles. The first-order chi connectivity index (χ1) is 28.7. The van der Waals surface area contributed by atoms with Crippen molar-refractivity contribution in [1.82, 2.24) is 15.0 Å². The van der Waals surface area contributed by atoms with Gasteiger partial charge in [0.2, 0.25) is 0 Å². The van der Waals surface area contributed by atoms with Crippen molar-refractivity contribution >= 4 is 43.5 Å². The number of aromatic nitrogens is 3. The number of ether oxygens (including phenoxy) is 1. The molecule has 58 heavy (non-hydrogen) atoms. The van der Waals surface area contributed by atoms with Crippen LogP contribution in [-0.4, -0.2) is 15.0 Å². The summed E-state index contributed by atoms with van der Waals surface area (Å²) in [5.74, 6) is 3.30. The molecule has 1 aliphatic heterocycles. The maximum absolute atomic E-state index is 6.79. The largest absolute Gasteiger partial charge is 0.456 e. The fourth-order valence-corrected chi connectivity index (χ4v) is 8.56. The summed E-state index contributed by atoms with van der Waals surface area (Å²) in [5, 5.41) is 6.53. The molecule has 0 N–H and O–H groups in total. The Bertz CT molecular complexity index is 3440. The van der Waals surface area contributed by atoms with E-state index in [1.807, 2.05) is 30.3 Å². The summed E-state index contributed by atoms with van der Waals surface area (Å²) >= 11 is 0. The first-order valence-corrected chi connectivity index (χ1v) is 19.4. The van der Waals surface area contributed by atoms with Crippen molar-refractivity contribution in [1.29, 1.82) is 0 Å². The van der Waals surface area contributed by atoms with Crippen LogP contribution in [0.5, 0.6) is 11.5 Å². The molecular formula is C53H31N3O2. The minimum absolute atomic E-state index is 0.557. The average Bonchev–Trinajstić information content (AvgIpc) is 3.68. The van der Waals surface area contributed by atoms with Gasteiger partial charge in [0.25, 0.3) is 0 Å². The van der Waals surface area contributed by atoms with Gasteiger partial charge in [-0.05, 0) is 86.4 Å². The van der Waals surface area contributed by atoms with Crippen LogP contribution in [0.3, 0.4) is 0 Å². The molecule has 9 aromatic carbocycles. The highest BCUT2D eigenvalue weighted by molar-refractivity contribution is 6.12. The van der Waals surface area contributed by atoms with E-state index in [0.29, 0.717) is 17.5 Å². The molecule has 0 fully saturated rings. The molecular weight excluding hydrogens is 711 g/mol. The molecule has 5 nitrogen and oxygen atoms in total. The zero-order valence-corrected chi connectivity index (χ0v) is 31.1. The van der Waals surface area contributed by atoms with Crippen molar-refractivity contribution in [2.45, 2.75) is 0 Å². The molecule has 270 valence electrons. The van der Waals surface area contributed by atoms with Gasteiger partial charge in [-0.3, -0.25) is 0 Å². The van der Waals surface area contributed by atoms with E-state index in [1.165, 1.54) is 16.7 Å². The molecule has 0 amide bonds. The molecule has 1 aliphatic rings. The third kappa shape index (κ3) is 5.21. The van der Waals surface area contributed by atoms with E-state index in [4.69, 9.17) is 24.1 Å². The van der Waals surface area contributed by atoms with Gasteiger partial charge in [-0.15, -0.1) is 0 Å². The van der Waals surface area contributed by atoms with Crippen molar-refractivity contribution < 1.29 is 9.15 Å². The minimum Gasteiger partial charge on any atom is -0.456 e. The maximum Gasteiger partial charge on any atom is 0.164 e. The number of furan rings is 1. The molecule has 0 unspecified atom stereocenters. The predicted octanol–water partition coefficient (Wildman–Crippen LogP) is 14.2. The normalized spacial score (nSPS) is 11.9. The zero-order valence-electron chi connectivity index (χ0n) is 31.1. The zero-order chi connectivity index (χ0) is 38.2. The Balaban J connectivity index is 1.00. The van der Waals surface area contributed by atoms with E-state index in [1.54, 1.807) is 0 Å². The lowest BCUT2D eigenvalue weighted by Crippen LogP contribution is -2.02. The van der Waals surface area contributed by atoms with Gasteiger partial charge < -0.3 is 9.15 Å². The Morgan fingerprint density at radius 1 is 0.310 bits per heavy atom. The summed E-state index contributed by atoms with van der Waals surface area (Å²) < 4.78 is 13.1. The minimum atomic E-state index is 0.557. The SMILES string of the molecule is c1ccc(-c2cccc(-c3ccc4c5c(cccc35)-c3ccc(-c5nc(-c6ccc7ccccc7c6)nc(-c6cccc7oc8ccccc8c67)n5)cc3O4)c2)cc1. The third-order valence-corrected chi connectivity index (χ3v) is 11.3. The van der Waals surface area contributed by atoms with Gasteiger partial charge in [-0.1, -0.05) is 146 Å². The van der Waals surface area contributed by atoms with Crippen molar-refractivity contribution in [3.8, 4) is 79.0 Å². The Labute approximate surface area is 333 Å². The van der Waals surface area contributed by atoms with E-state index >= 15 is 0 Å². The summed E-state index contributed by atoms with van der Waals surface area (Å²) in [6.45, 7) is 0. The highest BCUT2D eigenvalue weighted by Gasteiger charge is 2.24. The van der Waals surface area contributed by atoms with E-state index < -0.39 is 0 Å². The summed E-state index contributed by atoms with van der Waals surface area (Å²) in [6.07, 6.45) is 0. The number of para-hydroxylation sites is 1. The summed E-state index contributed by atoms with van der Waals surface area (Å²) in [4.78, 5) is 15.5. The van der Waals surface area contributed by atoms with Crippen LogP contribution in [0.2, 0.25) is 0 Å². The number of hydrogen-bond donors (Lipinski definition) is 0. The highest BCUT2D eigenvalue weighted by atomic mass is 16.5. The average molecular weight is 742 g/mol. The predicted molar refractivity (Wildman–Crippen MR) is 235 cm³/mol. The smallest absolute Gasteiger partial charge is 0.164 e. The lowest BCUT2D eigenvalue weighted by atomic mass is 9.89. The molecule has 0 spiro atoms. The molecule has 12 rings (SSSR count). The Morgan fingerprint density at radius 3 is 1.88 bits per heavy atom.